The second kappa shape index (κ2) is 7.82. The Bertz CT molecular complexity index is 857. The van der Waals surface area contributed by atoms with E-state index in [4.69, 9.17) is 27.9 Å². The summed E-state index contributed by atoms with van der Waals surface area (Å²) in [5.74, 6) is -1.39. The molecule has 0 unspecified atom stereocenters. The Balaban J connectivity index is 2.17. The maximum atomic E-state index is 12.2. The molecule has 0 radical (unpaired) electrons. The highest BCUT2D eigenvalue weighted by Crippen LogP contribution is 2.24. The van der Waals surface area contributed by atoms with E-state index >= 15 is 0 Å². The molecule has 8 nitrogen and oxygen atoms in total. The molecular weight excluding hydrogens is 373 g/mol. The summed E-state index contributed by atoms with van der Waals surface area (Å²) in [7, 11) is 1.31. The van der Waals surface area contributed by atoms with Crippen LogP contribution in [0.15, 0.2) is 36.4 Å². The molecule has 0 saturated heterocycles. The number of amides is 2. The fourth-order valence-electron chi connectivity index (χ4n) is 1.91. The van der Waals surface area contributed by atoms with Gasteiger partial charge in [0.05, 0.1) is 28.2 Å². The van der Waals surface area contributed by atoms with Gasteiger partial charge in [-0.3, -0.25) is 30.6 Å². The molecule has 0 aliphatic heterocycles. The van der Waals surface area contributed by atoms with Crippen molar-refractivity contribution in [3.8, 4) is 5.75 Å². The third-order valence-corrected chi connectivity index (χ3v) is 3.67. The predicted molar refractivity (Wildman–Crippen MR) is 91.0 cm³/mol. The van der Waals surface area contributed by atoms with Crippen molar-refractivity contribution in [2.45, 2.75) is 0 Å². The average molecular weight is 384 g/mol. The van der Waals surface area contributed by atoms with Crippen LogP contribution >= 0.6 is 23.2 Å². The number of benzene rings is 2. The number of hydrogen-bond acceptors (Lipinski definition) is 5. The van der Waals surface area contributed by atoms with Crippen LogP contribution in [-0.4, -0.2) is 23.8 Å². The highest BCUT2D eigenvalue weighted by Gasteiger charge is 2.19. The minimum Gasteiger partial charge on any atom is -0.496 e. The number of nitrogens with one attached hydrogen (secondary N) is 2. The van der Waals surface area contributed by atoms with Crippen LogP contribution in [0.2, 0.25) is 10.0 Å². The van der Waals surface area contributed by atoms with Gasteiger partial charge in [0.2, 0.25) is 0 Å². The molecule has 2 N–H and O–H groups in total. The molecule has 130 valence electrons. The first kappa shape index (κ1) is 18.5. The van der Waals surface area contributed by atoms with Gasteiger partial charge in [0.25, 0.3) is 17.5 Å². The van der Waals surface area contributed by atoms with Crippen LogP contribution in [0.3, 0.4) is 0 Å². The third kappa shape index (κ3) is 4.37. The smallest absolute Gasteiger partial charge is 0.273 e. The summed E-state index contributed by atoms with van der Waals surface area (Å²) in [6.07, 6.45) is 0. The Kier molecular flexibility index (Phi) is 5.79. The van der Waals surface area contributed by atoms with Crippen molar-refractivity contribution in [2.75, 3.05) is 7.11 Å². The number of nitro benzene ring substituents is 1. The van der Waals surface area contributed by atoms with Crippen LogP contribution in [0.5, 0.6) is 5.75 Å². The highest BCUT2D eigenvalue weighted by molar-refractivity contribution is 6.35. The predicted octanol–water partition coefficient (Wildman–Crippen LogP) is 2.99. The molecule has 10 heteroatoms. The minimum atomic E-state index is -0.799. The molecule has 0 aliphatic rings. The molecule has 0 heterocycles. The van der Waals surface area contributed by atoms with Crippen molar-refractivity contribution >= 4 is 40.7 Å². The Labute approximate surface area is 151 Å². The van der Waals surface area contributed by atoms with Crippen LogP contribution < -0.4 is 15.6 Å². The van der Waals surface area contributed by atoms with E-state index < -0.39 is 16.7 Å². The Hall–Kier alpha value is -2.84. The monoisotopic (exact) mass is 383 g/mol. The molecule has 2 amide bonds. The second-order valence-electron chi connectivity index (χ2n) is 4.67. The molecule has 2 rings (SSSR count). The van der Waals surface area contributed by atoms with Gasteiger partial charge in [-0.2, -0.15) is 0 Å². The van der Waals surface area contributed by atoms with E-state index in [1.54, 1.807) is 0 Å². The summed E-state index contributed by atoms with van der Waals surface area (Å²) in [4.78, 5) is 34.5. The molecule has 0 bridgehead atoms. The number of nitrogens with zero attached hydrogens (tertiary/aromatic N) is 1. The number of hydrogen-bond donors (Lipinski definition) is 2. The molecule has 25 heavy (non-hydrogen) atoms. The number of nitro groups is 1. The quantitative estimate of drug-likeness (QED) is 0.622. The number of rotatable bonds is 4. The van der Waals surface area contributed by atoms with Crippen molar-refractivity contribution in [2.24, 2.45) is 0 Å². The zero-order valence-electron chi connectivity index (χ0n) is 12.7. The van der Waals surface area contributed by atoms with Crippen molar-refractivity contribution in [3.05, 3.63) is 67.7 Å². The Morgan fingerprint density at radius 1 is 1.04 bits per heavy atom. The van der Waals surface area contributed by atoms with E-state index in [-0.39, 0.29) is 27.6 Å². The maximum absolute atomic E-state index is 12.2. The van der Waals surface area contributed by atoms with E-state index in [9.17, 15) is 19.7 Å². The lowest BCUT2D eigenvalue weighted by Gasteiger charge is -2.11. The summed E-state index contributed by atoms with van der Waals surface area (Å²) >= 11 is 11.7. The van der Waals surface area contributed by atoms with Crippen LogP contribution in [-0.2, 0) is 0 Å². The van der Waals surface area contributed by atoms with Gasteiger partial charge in [-0.05, 0) is 24.3 Å². The number of halogens is 2. The lowest BCUT2D eigenvalue weighted by molar-refractivity contribution is -0.384. The van der Waals surface area contributed by atoms with E-state index in [0.717, 1.165) is 6.07 Å². The van der Waals surface area contributed by atoms with Gasteiger partial charge in [-0.15, -0.1) is 0 Å². The normalized spacial score (nSPS) is 10.0. The highest BCUT2D eigenvalue weighted by atomic mass is 35.5. The number of carbonyl (C=O) groups is 2. The van der Waals surface area contributed by atoms with E-state index in [0.29, 0.717) is 5.02 Å². The molecule has 2 aromatic rings. The number of carbonyl (C=O) groups excluding carboxylic acids is 2. The standard InChI is InChI=1S/C15H11Cl2N3O5/c1-25-13-5-3-9(20(23)24)7-11(13)15(22)19-18-14(21)10-6-8(16)2-4-12(10)17/h2-7H,1H3,(H,18,21)(H,19,22). The number of ether oxygens (including phenoxy) is 1. The molecular formula is C15H11Cl2N3O5. The number of hydrazine groups is 1. The number of methoxy groups -OCH3 is 1. The molecule has 0 aliphatic carbocycles. The van der Waals surface area contributed by atoms with Crippen molar-refractivity contribution in [1.82, 2.24) is 10.9 Å². The molecule has 0 saturated carbocycles. The maximum Gasteiger partial charge on any atom is 0.273 e. The summed E-state index contributed by atoms with van der Waals surface area (Å²) < 4.78 is 4.99. The average Bonchev–Trinajstić information content (AvgIpc) is 2.60. The molecule has 0 atom stereocenters. The zero-order chi connectivity index (χ0) is 18.6. The van der Waals surface area contributed by atoms with E-state index in [1.807, 2.05) is 0 Å². The SMILES string of the molecule is COc1ccc([N+](=O)[O-])cc1C(=O)NNC(=O)c1cc(Cl)ccc1Cl. The Morgan fingerprint density at radius 2 is 1.68 bits per heavy atom. The molecule has 2 aromatic carbocycles. The first-order chi connectivity index (χ1) is 11.8. The molecule has 0 spiro atoms. The summed E-state index contributed by atoms with van der Waals surface area (Å²) in [5.41, 5.74) is 3.94. The van der Waals surface area contributed by atoms with Gasteiger partial charge >= 0.3 is 0 Å². The zero-order valence-corrected chi connectivity index (χ0v) is 14.2. The van der Waals surface area contributed by atoms with Gasteiger partial charge in [0.1, 0.15) is 5.75 Å². The van der Waals surface area contributed by atoms with Gasteiger partial charge in [-0.25, -0.2) is 0 Å². The van der Waals surface area contributed by atoms with Gasteiger partial charge in [-0.1, -0.05) is 23.2 Å². The topological polar surface area (TPSA) is 111 Å². The fraction of sp³-hybridized carbons (Fsp3) is 0.0667. The van der Waals surface area contributed by atoms with Crippen LogP contribution in [0.4, 0.5) is 5.69 Å². The third-order valence-electron chi connectivity index (χ3n) is 3.10. The van der Waals surface area contributed by atoms with E-state index in [2.05, 4.69) is 10.9 Å². The lowest BCUT2D eigenvalue weighted by atomic mass is 10.1. The number of non-ortho nitro benzene ring substituents is 1. The summed E-state index contributed by atoms with van der Waals surface area (Å²) in [5, 5.41) is 11.3. The van der Waals surface area contributed by atoms with Crippen molar-refractivity contribution in [3.63, 3.8) is 0 Å². The van der Waals surface area contributed by atoms with Crippen LogP contribution in [0, 0.1) is 10.1 Å². The summed E-state index contributed by atoms with van der Waals surface area (Å²) in [6.45, 7) is 0. The van der Waals surface area contributed by atoms with Crippen LogP contribution in [0.1, 0.15) is 20.7 Å². The molecule has 0 aromatic heterocycles. The first-order valence-corrected chi connectivity index (χ1v) is 7.47. The Morgan fingerprint density at radius 3 is 2.28 bits per heavy atom. The van der Waals surface area contributed by atoms with Gasteiger partial charge in [0.15, 0.2) is 0 Å². The lowest BCUT2D eigenvalue weighted by Crippen LogP contribution is -2.41. The summed E-state index contributed by atoms with van der Waals surface area (Å²) in [6, 6.07) is 7.78. The fourth-order valence-corrected chi connectivity index (χ4v) is 2.28. The van der Waals surface area contributed by atoms with Crippen molar-refractivity contribution in [1.29, 1.82) is 0 Å². The molecule has 0 fully saturated rings. The van der Waals surface area contributed by atoms with Crippen molar-refractivity contribution < 1.29 is 19.2 Å². The second-order valence-corrected chi connectivity index (χ2v) is 5.52. The largest absolute Gasteiger partial charge is 0.496 e. The first-order valence-electron chi connectivity index (χ1n) is 6.71. The van der Waals surface area contributed by atoms with Gasteiger partial charge in [0, 0.05) is 17.2 Å². The van der Waals surface area contributed by atoms with Crippen LogP contribution in [0.25, 0.3) is 0 Å². The van der Waals surface area contributed by atoms with E-state index in [1.165, 1.54) is 37.4 Å². The van der Waals surface area contributed by atoms with Gasteiger partial charge < -0.3 is 4.74 Å². The minimum absolute atomic E-state index is 0.0560.